The highest BCUT2D eigenvalue weighted by Crippen LogP contribution is 2.40. The lowest BCUT2D eigenvalue weighted by molar-refractivity contribution is 0.268. The molecule has 0 fully saturated rings. The predicted molar refractivity (Wildman–Crippen MR) is 55.1 cm³/mol. The quantitative estimate of drug-likeness (QED) is 0.844. The number of aliphatic hydroxyl groups is 1. The summed E-state index contributed by atoms with van der Waals surface area (Å²) in [5, 5.41) is 18.5. The van der Waals surface area contributed by atoms with E-state index in [-0.39, 0.29) is 28.7 Å². The second-order valence-corrected chi connectivity index (χ2v) is 3.60. The van der Waals surface area contributed by atoms with Gasteiger partial charge in [0.15, 0.2) is 11.5 Å². The van der Waals surface area contributed by atoms with Crippen LogP contribution >= 0.6 is 11.6 Å². The Hall–Kier alpha value is -1.00. The van der Waals surface area contributed by atoms with Crippen molar-refractivity contribution in [2.75, 3.05) is 13.7 Å². The van der Waals surface area contributed by atoms with Crippen LogP contribution in [0.5, 0.6) is 11.5 Å². The Morgan fingerprint density at radius 2 is 2.20 bits per heavy atom. The van der Waals surface area contributed by atoms with Crippen LogP contribution in [0.25, 0.3) is 0 Å². The van der Waals surface area contributed by atoms with Gasteiger partial charge in [-0.1, -0.05) is 18.5 Å². The summed E-state index contributed by atoms with van der Waals surface area (Å²) in [6.45, 7) is 1.39. The van der Waals surface area contributed by atoms with Crippen LogP contribution in [-0.2, 0) is 0 Å². The summed E-state index contributed by atoms with van der Waals surface area (Å²) in [4.78, 5) is 0. The van der Waals surface area contributed by atoms with Gasteiger partial charge in [-0.2, -0.15) is 0 Å². The van der Waals surface area contributed by atoms with Crippen molar-refractivity contribution in [3.63, 3.8) is 0 Å². The second-order valence-electron chi connectivity index (χ2n) is 3.22. The molecule has 0 bridgehead atoms. The van der Waals surface area contributed by atoms with Crippen molar-refractivity contribution >= 4 is 11.6 Å². The summed E-state index contributed by atoms with van der Waals surface area (Å²) in [5.41, 5.74) is 0.163. The van der Waals surface area contributed by atoms with Crippen molar-refractivity contribution in [1.29, 1.82) is 0 Å². The number of hydrogen-bond acceptors (Lipinski definition) is 3. The van der Waals surface area contributed by atoms with Crippen LogP contribution in [0.3, 0.4) is 0 Å². The van der Waals surface area contributed by atoms with E-state index in [1.807, 2.05) is 0 Å². The normalized spacial score (nSPS) is 12.6. The van der Waals surface area contributed by atoms with Crippen molar-refractivity contribution in [2.24, 2.45) is 0 Å². The van der Waals surface area contributed by atoms with E-state index in [0.717, 1.165) is 6.07 Å². The molecule has 0 aliphatic rings. The Morgan fingerprint density at radius 3 is 2.67 bits per heavy atom. The highest BCUT2D eigenvalue weighted by atomic mass is 35.5. The molecule has 0 radical (unpaired) electrons. The van der Waals surface area contributed by atoms with Crippen LogP contribution in [0.4, 0.5) is 4.39 Å². The fourth-order valence-corrected chi connectivity index (χ4v) is 1.64. The Morgan fingerprint density at radius 1 is 1.60 bits per heavy atom. The van der Waals surface area contributed by atoms with E-state index >= 15 is 0 Å². The third kappa shape index (κ3) is 2.16. The predicted octanol–water partition coefficient (Wildman–Crippen LogP) is 2.29. The van der Waals surface area contributed by atoms with Gasteiger partial charge in [-0.3, -0.25) is 0 Å². The summed E-state index contributed by atoms with van der Waals surface area (Å²) in [6.07, 6.45) is 0. The number of methoxy groups -OCH3 is 1. The molecule has 15 heavy (non-hydrogen) atoms. The molecule has 0 aliphatic carbocycles. The molecule has 1 aromatic carbocycles. The van der Waals surface area contributed by atoms with E-state index in [0.29, 0.717) is 0 Å². The number of ether oxygens (including phenoxy) is 1. The van der Waals surface area contributed by atoms with Crippen molar-refractivity contribution in [1.82, 2.24) is 0 Å². The molecular weight excluding hydrogens is 223 g/mol. The molecule has 0 aromatic heterocycles. The Bertz CT molecular complexity index is 368. The van der Waals surface area contributed by atoms with Crippen LogP contribution in [0.1, 0.15) is 18.4 Å². The number of aliphatic hydroxyl groups excluding tert-OH is 1. The van der Waals surface area contributed by atoms with Crippen LogP contribution in [0.2, 0.25) is 5.02 Å². The van der Waals surface area contributed by atoms with Gasteiger partial charge in [0.1, 0.15) is 5.82 Å². The Labute approximate surface area is 92.1 Å². The minimum absolute atomic E-state index is 0.00667. The van der Waals surface area contributed by atoms with E-state index in [1.165, 1.54) is 7.11 Å². The van der Waals surface area contributed by atoms with Crippen LogP contribution in [0.15, 0.2) is 6.07 Å². The smallest absolute Gasteiger partial charge is 0.163 e. The number of benzene rings is 1. The van der Waals surface area contributed by atoms with Crippen LogP contribution < -0.4 is 4.74 Å². The minimum Gasteiger partial charge on any atom is -0.504 e. The number of phenolic OH excluding ortho intramolecular Hbond substituents is 1. The molecule has 1 unspecified atom stereocenters. The average Bonchev–Trinajstić information content (AvgIpc) is 2.23. The Kier molecular flexibility index (Phi) is 3.77. The largest absolute Gasteiger partial charge is 0.504 e. The van der Waals surface area contributed by atoms with Crippen molar-refractivity contribution in [3.05, 3.63) is 22.5 Å². The van der Waals surface area contributed by atoms with E-state index in [9.17, 15) is 9.50 Å². The van der Waals surface area contributed by atoms with Crippen molar-refractivity contribution < 1.29 is 19.3 Å². The highest BCUT2D eigenvalue weighted by Gasteiger charge is 2.21. The molecule has 0 amide bonds. The second kappa shape index (κ2) is 4.68. The van der Waals surface area contributed by atoms with Gasteiger partial charge < -0.3 is 14.9 Å². The fourth-order valence-electron chi connectivity index (χ4n) is 1.31. The number of hydrogen-bond donors (Lipinski definition) is 2. The first-order valence-corrected chi connectivity index (χ1v) is 4.76. The maximum absolute atomic E-state index is 13.3. The molecule has 5 heteroatoms. The van der Waals surface area contributed by atoms with Gasteiger partial charge in [-0.05, 0) is 0 Å². The topological polar surface area (TPSA) is 49.7 Å². The van der Waals surface area contributed by atoms with Crippen LogP contribution in [0, 0.1) is 5.82 Å². The molecule has 2 N–H and O–H groups in total. The summed E-state index contributed by atoms with van der Waals surface area (Å²) < 4.78 is 18.1. The van der Waals surface area contributed by atoms with E-state index in [1.54, 1.807) is 6.92 Å². The molecule has 0 heterocycles. The first-order valence-electron chi connectivity index (χ1n) is 4.38. The Balaban J connectivity index is 3.40. The van der Waals surface area contributed by atoms with Gasteiger partial charge >= 0.3 is 0 Å². The van der Waals surface area contributed by atoms with Gasteiger partial charge in [0.2, 0.25) is 0 Å². The lowest BCUT2D eigenvalue weighted by Crippen LogP contribution is -2.03. The van der Waals surface area contributed by atoms with Gasteiger partial charge in [0, 0.05) is 24.2 Å². The van der Waals surface area contributed by atoms with Crippen molar-refractivity contribution in [3.8, 4) is 11.5 Å². The van der Waals surface area contributed by atoms with Crippen molar-refractivity contribution in [2.45, 2.75) is 12.8 Å². The van der Waals surface area contributed by atoms with Crippen LogP contribution in [-0.4, -0.2) is 23.9 Å². The monoisotopic (exact) mass is 234 g/mol. The third-order valence-electron chi connectivity index (χ3n) is 2.18. The molecule has 3 nitrogen and oxygen atoms in total. The summed E-state index contributed by atoms with van der Waals surface area (Å²) in [6, 6.07) is 1.01. The first kappa shape index (κ1) is 12.1. The zero-order chi connectivity index (χ0) is 11.6. The maximum Gasteiger partial charge on any atom is 0.163 e. The van der Waals surface area contributed by atoms with E-state index in [4.69, 9.17) is 21.4 Å². The number of rotatable bonds is 3. The van der Waals surface area contributed by atoms with Gasteiger partial charge in [0.25, 0.3) is 0 Å². The molecule has 1 aromatic rings. The summed E-state index contributed by atoms with van der Waals surface area (Å²) in [5.74, 6) is -1.36. The average molecular weight is 235 g/mol. The van der Waals surface area contributed by atoms with E-state index < -0.39 is 11.7 Å². The minimum atomic E-state index is -0.679. The molecule has 0 aliphatic heterocycles. The SMILES string of the molecule is COc1cc(F)c(Cl)c(C(C)CO)c1O. The molecule has 1 rings (SSSR count). The van der Waals surface area contributed by atoms with Gasteiger partial charge in [0.05, 0.1) is 12.1 Å². The maximum atomic E-state index is 13.3. The van der Waals surface area contributed by atoms with Gasteiger partial charge in [-0.15, -0.1) is 0 Å². The lowest BCUT2D eigenvalue weighted by Gasteiger charge is -2.15. The molecule has 1 atom stereocenters. The summed E-state index contributed by atoms with van der Waals surface area (Å²) >= 11 is 5.70. The molecule has 0 spiro atoms. The first-order chi connectivity index (χ1) is 7.02. The lowest BCUT2D eigenvalue weighted by atomic mass is 10.00. The molecule has 84 valence electrons. The number of aromatic hydroxyl groups is 1. The molecular formula is C10H12ClFO3. The molecule has 0 saturated carbocycles. The zero-order valence-corrected chi connectivity index (χ0v) is 9.18. The zero-order valence-electron chi connectivity index (χ0n) is 8.42. The molecule has 0 saturated heterocycles. The number of halogens is 2. The van der Waals surface area contributed by atoms with E-state index in [2.05, 4.69) is 0 Å². The highest BCUT2D eigenvalue weighted by molar-refractivity contribution is 6.31. The standard InChI is InChI=1S/C10H12ClFO3/c1-5(4-13)8-9(11)6(12)3-7(15-2)10(8)14/h3,5,13-14H,4H2,1-2H3. The fraction of sp³-hybridized carbons (Fsp3) is 0.400. The summed E-state index contributed by atoms with van der Waals surface area (Å²) in [7, 11) is 1.32. The van der Waals surface area contributed by atoms with Gasteiger partial charge in [-0.25, -0.2) is 4.39 Å². The number of phenols is 1. The third-order valence-corrected chi connectivity index (χ3v) is 2.56.